The molecule has 2 bridgehead atoms. The second-order valence-corrected chi connectivity index (χ2v) is 19.3. The third kappa shape index (κ3) is 7.17. The summed E-state index contributed by atoms with van der Waals surface area (Å²) in [6.07, 6.45) is 8.49. The predicted octanol–water partition coefficient (Wildman–Crippen LogP) is 5.31. The van der Waals surface area contributed by atoms with Gasteiger partial charge >= 0.3 is 0 Å². The van der Waals surface area contributed by atoms with Crippen molar-refractivity contribution < 1.29 is 17.9 Å². The number of nitrogens with zero attached hydrogens (tertiary/aromatic N) is 3. The van der Waals surface area contributed by atoms with Crippen molar-refractivity contribution in [2.45, 2.75) is 81.9 Å². The fourth-order valence-electron chi connectivity index (χ4n) is 10.4. The summed E-state index contributed by atoms with van der Waals surface area (Å²) in [5.41, 5.74) is 3.67. The minimum absolute atomic E-state index is 0.0571. The molecule has 7 atom stereocenters. The van der Waals surface area contributed by atoms with Gasteiger partial charge in [0.25, 0.3) is 5.91 Å². The predicted molar refractivity (Wildman–Crippen MR) is 203 cm³/mol. The highest BCUT2D eigenvalue weighted by atomic mass is 35.5. The number of ether oxygens (including phenoxy) is 1. The molecule has 4 aliphatic heterocycles. The maximum Gasteiger partial charge on any atom is 0.264 e. The molecule has 3 fully saturated rings. The van der Waals surface area contributed by atoms with Gasteiger partial charge in [-0.15, -0.1) is 0 Å². The van der Waals surface area contributed by atoms with Crippen molar-refractivity contribution in [2.24, 2.45) is 23.7 Å². The van der Waals surface area contributed by atoms with Crippen LogP contribution in [0.3, 0.4) is 0 Å². The molecule has 1 amide bonds. The molecule has 1 saturated carbocycles. The molecular weight excluding hydrogens is 682 g/mol. The Morgan fingerprint density at radius 1 is 1.00 bits per heavy atom. The van der Waals surface area contributed by atoms with Crippen LogP contribution in [0.4, 0.5) is 5.69 Å². The molecule has 0 aromatic heterocycles. The van der Waals surface area contributed by atoms with Crippen LogP contribution in [0, 0.1) is 23.7 Å². The molecule has 2 N–H and O–H groups in total. The Morgan fingerprint density at radius 2 is 1.88 bits per heavy atom. The Balaban J connectivity index is 1.14. The number of nitrogens with one attached hydrogen (secondary N) is 2. The zero-order valence-corrected chi connectivity index (χ0v) is 32.0. The number of hydrogen-bond acceptors (Lipinski definition) is 8. The van der Waals surface area contributed by atoms with Gasteiger partial charge < -0.3 is 19.9 Å². The summed E-state index contributed by atoms with van der Waals surface area (Å²) in [7, 11) is -3.87. The number of piperazine rings is 2. The van der Waals surface area contributed by atoms with Gasteiger partial charge in [-0.1, -0.05) is 31.0 Å². The van der Waals surface area contributed by atoms with E-state index in [1.54, 1.807) is 13.0 Å². The maximum atomic E-state index is 13.6. The summed E-state index contributed by atoms with van der Waals surface area (Å²) in [6.45, 7) is 13.8. The summed E-state index contributed by atoms with van der Waals surface area (Å²) in [6, 6.07) is 12.4. The molecule has 278 valence electrons. The molecule has 8 rings (SSSR count). The average molecular weight is 738 g/mol. The summed E-state index contributed by atoms with van der Waals surface area (Å²) in [4.78, 5) is 21.5. The number of aryl methyl sites for hydroxylation is 1. The molecule has 51 heavy (non-hydrogen) atoms. The lowest BCUT2D eigenvalue weighted by atomic mass is 9.65. The highest BCUT2D eigenvalue weighted by molar-refractivity contribution is 7.90. The first kappa shape index (κ1) is 35.6. The SMILES string of the molecule is C[C@@H]1[C@@H](C)CCC[C@@H](CN2CCN3CCNC[C@@H]3C2)[C@@H]2CC[C@H]2CN2C[C@@]3(CCCc4cc(Cl)ccc43)COc3ccc(cc32)C(=O)NS1(=O)=O. The van der Waals surface area contributed by atoms with Crippen LogP contribution >= 0.6 is 11.6 Å². The number of carbonyl (C=O) groups excluding carboxylic acids is 1. The van der Waals surface area contributed by atoms with Crippen molar-refractivity contribution in [1.29, 1.82) is 0 Å². The van der Waals surface area contributed by atoms with E-state index >= 15 is 0 Å². The van der Waals surface area contributed by atoms with Gasteiger partial charge in [-0.05, 0) is 117 Å². The number of sulfonamides is 1. The standard InChI is InChI=1S/C40H56ClN5O4S/c1-27-5-3-6-31(22-44-17-18-45-16-15-42-21-34(45)24-44)35-11-8-32(35)23-46-25-40(14-4-7-29-19-33(41)10-12-36(29)40)26-50-38-13-9-30(20-37(38)46)39(47)43-51(48,49)28(27)2/h9-10,12-13,19-20,27-28,31-32,34-35,42H,3-8,11,14-18,21-26H2,1-2H3,(H,43,47)/t27-,28+,31-,32-,34+,35-,40-/m0/s1. The van der Waals surface area contributed by atoms with E-state index in [0.29, 0.717) is 36.0 Å². The van der Waals surface area contributed by atoms with Gasteiger partial charge in [0, 0.05) is 80.9 Å². The van der Waals surface area contributed by atoms with E-state index in [-0.39, 0.29) is 11.3 Å². The zero-order valence-electron chi connectivity index (χ0n) is 30.4. The Hall–Kier alpha value is -2.37. The minimum Gasteiger partial charge on any atom is -0.490 e. The van der Waals surface area contributed by atoms with Crippen molar-refractivity contribution in [1.82, 2.24) is 19.8 Å². The fraction of sp³-hybridized carbons (Fsp3) is 0.675. The molecule has 2 aromatic carbocycles. The van der Waals surface area contributed by atoms with Gasteiger partial charge in [-0.25, -0.2) is 13.1 Å². The van der Waals surface area contributed by atoms with Crippen molar-refractivity contribution in [3.63, 3.8) is 0 Å². The lowest BCUT2D eigenvalue weighted by Crippen LogP contribution is -2.61. The van der Waals surface area contributed by atoms with Crippen LogP contribution in [0.5, 0.6) is 5.75 Å². The second-order valence-electron chi connectivity index (χ2n) is 16.8. The molecule has 4 heterocycles. The van der Waals surface area contributed by atoms with Crippen LogP contribution in [0.25, 0.3) is 0 Å². The van der Waals surface area contributed by atoms with Crippen LogP contribution in [-0.4, -0.2) is 101 Å². The highest BCUT2D eigenvalue weighted by Crippen LogP contribution is 2.48. The molecule has 2 aliphatic carbocycles. The smallest absolute Gasteiger partial charge is 0.264 e. The van der Waals surface area contributed by atoms with Crippen LogP contribution in [-0.2, 0) is 21.9 Å². The van der Waals surface area contributed by atoms with Crippen molar-refractivity contribution >= 4 is 33.2 Å². The number of halogens is 1. The average Bonchev–Trinajstić information content (AvgIpc) is 3.25. The van der Waals surface area contributed by atoms with E-state index < -0.39 is 21.2 Å². The van der Waals surface area contributed by atoms with Crippen LogP contribution in [0.1, 0.15) is 80.3 Å². The lowest BCUT2D eigenvalue weighted by Gasteiger charge is -2.49. The Labute approximate surface area is 309 Å². The monoisotopic (exact) mass is 737 g/mol. The van der Waals surface area contributed by atoms with Crippen molar-refractivity contribution in [3.8, 4) is 5.75 Å². The van der Waals surface area contributed by atoms with Gasteiger partial charge in [0.1, 0.15) is 5.75 Å². The summed E-state index contributed by atoms with van der Waals surface area (Å²) >= 11 is 6.50. The molecule has 11 heteroatoms. The van der Waals surface area contributed by atoms with E-state index in [1.807, 2.05) is 25.1 Å². The van der Waals surface area contributed by atoms with Gasteiger partial charge in [-0.2, -0.15) is 0 Å². The number of fused-ring (bicyclic) bond motifs is 5. The first-order chi connectivity index (χ1) is 24.6. The minimum atomic E-state index is -3.87. The first-order valence-electron chi connectivity index (χ1n) is 19.6. The third-order valence-electron chi connectivity index (χ3n) is 13.7. The fourth-order valence-corrected chi connectivity index (χ4v) is 11.9. The second kappa shape index (κ2) is 14.5. The van der Waals surface area contributed by atoms with E-state index in [9.17, 15) is 13.2 Å². The molecule has 1 spiro atoms. The van der Waals surface area contributed by atoms with Crippen LogP contribution in [0.2, 0.25) is 5.02 Å². The highest BCUT2D eigenvalue weighted by Gasteiger charge is 2.45. The molecule has 6 aliphatic rings. The first-order valence-corrected chi connectivity index (χ1v) is 21.5. The van der Waals surface area contributed by atoms with Gasteiger partial charge in [0.05, 0.1) is 17.5 Å². The van der Waals surface area contributed by atoms with E-state index in [0.717, 1.165) is 114 Å². The third-order valence-corrected chi connectivity index (χ3v) is 15.9. The van der Waals surface area contributed by atoms with E-state index in [1.165, 1.54) is 24.0 Å². The molecule has 0 unspecified atom stereocenters. The quantitative estimate of drug-likeness (QED) is 0.429. The Kier molecular flexibility index (Phi) is 10.1. The molecule has 2 aromatic rings. The van der Waals surface area contributed by atoms with Gasteiger partial charge in [0.2, 0.25) is 10.0 Å². The largest absolute Gasteiger partial charge is 0.490 e. The number of carbonyl (C=O) groups is 1. The number of amides is 1. The van der Waals surface area contributed by atoms with E-state index in [4.69, 9.17) is 16.3 Å². The Bertz CT molecular complexity index is 1720. The lowest BCUT2D eigenvalue weighted by molar-refractivity contribution is 0.0207. The van der Waals surface area contributed by atoms with Crippen LogP contribution < -0.4 is 19.7 Å². The number of rotatable bonds is 2. The maximum absolute atomic E-state index is 13.6. The Morgan fingerprint density at radius 3 is 2.73 bits per heavy atom. The molecule has 9 nitrogen and oxygen atoms in total. The molecule has 0 radical (unpaired) electrons. The number of hydrogen-bond donors (Lipinski definition) is 2. The summed E-state index contributed by atoms with van der Waals surface area (Å²) < 4.78 is 36.3. The molecule has 2 saturated heterocycles. The summed E-state index contributed by atoms with van der Waals surface area (Å²) in [5.74, 6) is 1.87. The van der Waals surface area contributed by atoms with Gasteiger partial charge in [-0.3, -0.25) is 9.69 Å². The van der Waals surface area contributed by atoms with Gasteiger partial charge in [0.15, 0.2) is 0 Å². The summed E-state index contributed by atoms with van der Waals surface area (Å²) in [5, 5.41) is 3.72. The number of benzene rings is 2. The zero-order chi connectivity index (χ0) is 35.3. The normalized spacial score (nSPS) is 34.6. The van der Waals surface area contributed by atoms with E-state index in [2.05, 4.69) is 36.9 Å². The molecular formula is C40H56ClN5O4S. The van der Waals surface area contributed by atoms with Crippen LogP contribution in [0.15, 0.2) is 36.4 Å². The topological polar surface area (TPSA) is 94.2 Å². The van der Waals surface area contributed by atoms with Crippen molar-refractivity contribution in [2.75, 3.05) is 70.4 Å². The van der Waals surface area contributed by atoms with Crippen molar-refractivity contribution in [3.05, 3.63) is 58.1 Å². The number of anilines is 1.